The van der Waals surface area contributed by atoms with E-state index in [0.717, 1.165) is 22.9 Å². The van der Waals surface area contributed by atoms with Crippen LogP contribution in [0.3, 0.4) is 0 Å². The molecule has 0 fully saturated rings. The molecule has 33 heavy (non-hydrogen) atoms. The van der Waals surface area contributed by atoms with E-state index in [1.54, 1.807) is 0 Å². The molecular formula is C30H38Cl2Si. The molecule has 2 atom stereocenters. The Kier molecular flexibility index (Phi) is 6.82. The van der Waals surface area contributed by atoms with Crippen LogP contribution in [0, 0.1) is 11.8 Å². The Labute approximate surface area is 212 Å². The maximum Gasteiger partial charge on any atom is 0.0723 e. The number of benzene rings is 2. The monoisotopic (exact) mass is 496 g/mol. The molecule has 176 valence electrons. The van der Waals surface area contributed by atoms with Crippen LogP contribution in [0.15, 0.2) is 47.5 Å². The minimum Gasteiger partial charge on any atom is -0.0837 e. The van der Waals surface area contributed by atoms with Gasteiger partial charge in [-0.05, 0) is 95.2 Å². The molecule has 4 rings (SSSR count). The van der Waals surface area contributed by atoms with E-state index in [4.69, 9.17) is 23.2 Å². The topological polar surface area (TPSA) is 0 Å². The van der Waals surface area contributed by atoms with E-state index in [0.29, 0.717) is 22.9 Å². The van der Waals surface area contributed by atoms with Crippen LogP contribution in [0.5, 0.6) is 0 Å². The molecule has 0 amide bonds. The standard InChI is InChI=1S/C30H38Cl2Si/c1-17(2)13-21-9-11-23-25(15-21)27(31)19(5)29(23)33(7,8)30-20(6)28(32)26-16-22(14-18(3)4)10-12-24(26)30/h9-12,15-18,29-30H,13-14H2,1-8H3. The van der Waals surface area contributed by atoms with E-state index in [2.05, 4.69) is 91.0 Å². The maximum absolute atomic E-state index is 7.01. The van der Waals surface area contributed by atoms with Gasteiger partial charge in [-0.3, -0.25) is 0 Å². The zero-order valence-electron chi connectivity index (χ0n) is 21.4. The Morgan fingerprint density at radius 2 is 1.06 bits per heavy atom. The zero-order valence-corrected chi connectivity index (χ0v) is 24.0. The Bertz CT molecular complexity index is 1060. The van der Waals surface area contributed by atoms with E-state index < -0.39 is 8.07 Å². The van der Waals surface area contributed by atoms with Crippen molar-refractivity contribution < 1.29 is 0 Å². The zero-order chi connectivity index (χ0) is 24.2. The fourth-order valence-electron chi connectivity index (χ4n) is 6.52. The normalized spacial score (nSPS) is 20.4. The van der Waals surface area contributed by atoms with E-state index in [-0.39, 0.29) is 0 Å². The number of halogens is 2. The lowest BCUT2D eigenvalue weighted by molar-refractivity contribution is 0.647. The lowest BCUT2D eigenvalue weighted by atomic mass is 9.98. The Morgan fingerprint density at radius 1 is 0.697 bits per heavy atom. The quantitative estimate of drug-likeness (QED) is 0.349. The highest BCUT2D eigenvalue weighted by Crippen LogP contribution is 2.56. The van der Waals surface area contributed by atoms with Gasteiger partial charge in [0.15, 0.2) is 0 Å². The summed E-state index contributed by atoms with van der Waals surface area (Å²) < 4.78 is 0. The van der Waals surface area contributed by atoms with Gasteiger partial charge in [0.05, 0.1) is 8.07 Å². The first kappa shape index (κ1) is 24.8. The van der Waals surface area contributed by atoms with Gasteiger partial charge in [-0.1, -0.05) is 88.3 Å². The lowest BCUT2D eigenvalue weighted by Gasteiger charge is -2.39. The first-order valence-corrected chi connectivity index (χ1v) is 16.3. The maximum atomic E-state index is 7.01. The van der Waals surface area contributed by atoms with Crippen LogP contribution < -0.4 is 0 Å². The van der Waals surface area contributed by atoms with Crippen molar-refractivity contribution in [2.45, 2.75) is 78.6 Å². The van der Waals surface area contributed by atoms with E-state index in [9.17, 15) is 0 Å². The van der Waals surface area contributed by atoms with Gasteiger partial charge in [-0.15, -0.1) is 0 Å². The molecule has 0 heterocycles. The Hall–Kier alpha value is -1.28. The van der Waals surface area contributed by atoms with Crippen LogP contribution in [0.2, 0.25) is 13.1 Å². The molecule has 0 aromatic heterocycles. The summed E-state index contributed by atoms with van der Waals surface area (Å²) in [4.78, 5) is 0. The molecule has 0 spiro atoms. The van der Waals surface area contributed by atoms with Crippen LogP contribution in [-0.4, -0.2) is 8.07 Å². The summed E-state index contributed by atoms with van der Waals surface area (Å²) in [6.07, 6.45) is 2.18. The van der Waals surface area contributed by atoms with Gasteiger partial charge in [-0.2, -0.15) is 0 Å². The molecule has 0 saturated carbocycles. The Morgan fingerprint density at radius 3 is 1.39 bits per heavy atom. The van der Waals surface area contributed by atoms with Crippen LogP contribution >= 0.6 is 23.2 Å². The molecule has 3 heteroatoms. The Balaban J connectivity index is 1.78. The van der Waals surface area contributed by atoms with Gasteiger partial charge >= 0.3 is 0 Å². The highest BCUT2D eigenvalue weighted by Gasteiger charge is 2.49. The first-order chi connectivity index (χ1) is 15.4. The number of hydrogen-bond donors (Lipinski definition) is 0. The van der Waals surface area contributed by atoms with Crippen molar-refractivity contribution in [2.75, 3.05) is 0 Å². The van der Waals surface area contributed by atoms with Gasteiger partial charge < -0.3 is 0 Å². The molecule has 0 saturated heterocycles. The van der Waals surface area contributed by atoms with Crippen molar-refractivity contribution >= 4 is 41.3 Å². The van der Waals surface area contributed by atoms with Crippen molar-refractivity contribution in [2.24, 2.45) is 11.8 Å². The van der Waals surface area contributed by atoms with Gasteiger partial charge in [0.1, 0.15) is 0 Å². The van der Waals surface area contributed by atoms with Crippen molar-refractivity contribution in [3.63, 3.8) is 0 Å². The SMILES string of the molecule is CC1=C(Cl)c2cc(CC(C)C)ccc2C1[Si](C)(C)C1C(C)=C(Cl)c2cc(CC(C)C)ccc21. The highest BCUT2D eigenvalue weighted by atomic mass is 35.5. The molecule has 0 N–H and O–H groups in total. The van der Waals surface area contributed by atoms with Gasteiger partial charge in [-0.25, -0.2) is 0 Å². The average Bonchev–Trinajstić information content (AvgIpc) is 3.12. The van der Waals surface area contributed by atoms with Crippen LogP contribution in [0.25, 0.3) is 10.1 Å². The number of rotatable bonds is 6. The largest absolute Gasteiger partial charge is 0.0837 e. The van der Waals surface area contributed by atoms with Crippen molar-refractivity contribution in [1.82, 2.24) is 0 Å². The second kappa shape index (κ2) is 9.06. The first-order valence-electron chi connectivity index (χ1n) is 12.4. The van der Waals surface area contributed by atoms with Crippen molar-refractivity contribution in [1.29, 1.82) is 0 Å². The predicted molar refractivity (Wildman–Crippen MR) is 150 cm³/mol. The summed E-state index contributed by atoms with van der Waals surface area (Å²) in [5.41, 5.74) is 11.6. The minimum atomic E-state index is -1.93. The van der Waals surface area contributed by atoms with Crippen molar-refractivity contribution in [3.8, 4) is 0 Å². The third-order valence-corrected chi connectivity index (χ3v) is 13.1. The van der Waals surface area contributed by atoms with Gasteiger partial charge in [0.2, 0.25) is 0 Å². The number of hydrogen-bond acceptors (Lipinski definition) is 0. The molecule has 2 aromatic carbocycles. The second-order valence-electron chi connectivity index (χ2n) is 11.7. The van der Waals surface area contributed by atoms with Gasteiger partial charge in [0, 0.05) is 21.1 Å². The molecule has 2 unspecified atom stereocenters. The second-order valence-corrected chi connectivity index (χ2v) is 17.3. The fourth-order valence-corrected chi connectivity index (χ4v) is 12.2. The molecule has 0 aliphatic heterocycles. The molecule has 2 aliphatic carbocycles. The van der Waals surface area contributed by atoms with E-state index in [1.807, 2.05) is 0 Å². The summed E-state index contributed by atoms with van der Waals surface area (Å²) in [5, 5.41) is 1.94. The van der Waals surface area contributed by atoms with Crippen molar-refractivity contribution in [3.05, 3.63) is 80.9 Å². The summed E-state index contributed by atoms with van der Waals surface area (Å²) in [7, 11) is -1.93. The average molecular weight is 498 g/mol. The third kappa shape index (κ3) is 4.30. The van der Waals surface area contributed by atoms with Gasteiger partial charge in [0.25, 0.3) is 0 Å². The van der Waals surface area contributed by atoms with Crippen LogP contribution in [0.4, 0.5) is 0 Å². The molecule has 2 aromatic rings. The highest BCUT2D eigenvalue weighted by molar-refractivity contribution is 6.82. The lowest BCUT2D eigenvalue weighted by Crippen LogP contribution is -2.42. The molecule has 0 nitrogen and oxygen atoms in total. The van der Waals surface area contributed by atoms with Crippen LogP contribution in [-0.2, 0) is 12.8 Å². The summed E-state index contributed by atoms with van der Waals surface area (Å²) in [6.45, 7) is 18.7. The fraction of sp³-hybridized carbons (Fsp3) is 0.467. The van der Waals surface area contributed by atoms with E-state index >= 15 is 0 Å². The third-order valence-electron chi connectivity index (χ3n) is 7.66. The smallest absolute Gasteiger partial charge is 0.0723 e. The minimum absolute atomic E-state index is 0.402. The molecule has 2 aliphatic rings. The summed E-state index contributed by atoms with van der Waals surface area (Å²) in [6, 6.07) is 14.1. The predicted octanol–water partition coefficient (Wildman–Crippen LogP) is 9.70. The molecular weight excluding hydrogens is 459 g/mol. The summed E-state index contributed by atoms with van der Waals surface area (Å²) in [5.74, 6) is 1.28. The number of allylic oxidation sites excluding steroid dienone is 2. The van der Waals surface area contributed by atoms with Crippen LogP contribution in [0.1, 0.15) is 86.0 Å². The summed E-state index contributed by atoms with van der Waals surface area (Å²) >= 11 is 14.0. The number of fused-ring (bicyclic) bond motifs is 2. The van der Waals surface area contributed by atoms with E-state index in [1.165, 1.54) is 44.5 Å². The molecule has 0 radical (unpaired) electrons. The molecule has 0 bridgehead atoms.